The van der Waals surface area contributed by atoms with Gasteiger partial charge < -0.3 is 15.1 Å². The number of rotatable bonds is 4. The van der Waals surface area contributed by atoms with Crippen molar-refractivity contribution in [1.82, 2.24) is 15.1 Å². The predicted molar refractivity (Wildman–Crippen MR) is 89.7 cm³/mol. The maximum atomic E-state index is 3.68. The molecule has 2 saturated heterocycles. The first-order chi connectivity index (χ1) is 10.4. The van der Waals surface area contributed by atoms with Crippen LogP contribution in [0.5, 0.6) is 0 Å². The number of nitrogens with one attached hydrogen (secondary N) is 1. The third kappa shape index (κ3) is 4.20. The fourth-order valence-electron chi connectivity index (χ4n) is 4.87. The van der Waals surface area contributed by atoms with Crippen molar-refractivity contribution in [2.75, 3.05) is 32.7 Å². The van der Waals surface area contributed by atoms with E-state index in [-0.39, 0.29) is 0 Å². The molecule has 0 bridgehead atoms. The summed E-state index contributed by atoms with van der Waals surface area (Å²) in [7, 11) is 0. The highest BCUT2D eigenvalue weighted by atomic mass is 15.2. The lowest BCUT2D eigenvalue weighted by Crippen LogP contribution is -2.51. The van der Waals surface area contributed by atoms with Gasteiger partial charge in [0, 0.05) is 18.1 Å². The second-order valence-electron chi connectivity index (χ2n) is 7.44. The van der Waals surface area contributed by atoms with Crippen LogP contribution in [0.3, 0.4) is 0 Å². The molecule has 2 heterocycles. The lowest BCUT2D eigenvalue weighted by atomic mass is 9.88. The Morgan fingerprint density at radius 2 is 1.48 bits per heavy atom. The smallest absolute Gasteiger partial charge is 0.0120 e. The van der Waals surface area contributed by atoms with Crippen LogP contribution in [0.4, 0.5) is 0 Å². The molecule has 122 valence electrons. The Morgan fingerprint density at radius 1 is 0.762 bits per heavy atom. The van der Waals surface area contributed by atoms with Crippen molar-refractivity contribution in [2.45, 2.75) is 82.8 Å². The van der Waals surface area contributed by atoms with E-state index in [1.807, 2.05) is 0 Å². The van der Waals surface area contributed by atoms with Crippen molar-refractivity contribution in [1.29, 1.82) is 0 Å². The van der Waals surface area contributed by atoms with Crippen molar-refractivity contribution >= 4 is 0 Å². The van der Waals surface area contributed by atoms with E-state index >= 15 is 0 Å². The van der Waals surface area contributed by atoms with Gasteiger partial charge in [-0.2, -0.15) is 0 Å². The van der Waals surface area contributed by atoms with Crippen molar-refractivity contribution in [3.05, 3.63) is 0 Å². The van der Waals surface area contributed by atoms with Crippen molar-refractivity contribution in [3.63, 3.8) is 0 Å². The third-order valence-corrected chi connectivity index (χ3v) is 6.06. The molecule has 1 N–H and O–H groups in total. The molecule has 1 saturated carbocycles. The van der Waals surface area contributed by atoms with Gasteiger partial charge in [0.15, 0.2) is 0 Å². The fraction of sp³-hybridized carbons (Fsp3) is 1.00. The minimum absolute atomic E-state index is 0.786. The van der Waals surface area contributed by atoms with Crippen LogP contribution >= 0.6 is 0 Å². The molecule has 0 spiro atoms. The van der Waals surface area contributed by atoms with Crippen molar-refractivity contribution in [3.8, 4) is 0 Å². The quantitative estimate of drug-likeness (QED) is 0.860. The van der Waals surface area contributed by atoms with E-state index in [1.165, 1.54) is 84.0 Å². The third-order valence-electron chi connectivity index (χ3n) is 6.06. The van der Waals surface area contributed by atoms with E-state index in [0.29, 0.717) is 0 Å². The summed E-state index contributed by atoms with van der Waals surface area (Å²) in [4.78, 5) is 5.62. The zero-order valence-corrected chi connectivity index (χ0v) is 14.0. The molecule has 3 fully saturated rings. The van der Waals surface area contributed by atoms with Gasteiger partial charge in [-0.15, -0.1) is 0 Å². The Bertz CT molecular complexity index is 291. The molecule has 2 aliphatic heterocycles. The standard InChI is InChI=1S/C18H35N3/c1-2-19-16-7-6-8-18(15-16)21-13-9-17(10-14-21)20-11-4-3-5-12-20/h16-19H,2-15H2,1H3. The Labute approximate surface area is 131 Å². The number of nitrogens with zero attached hydrogens (tertiary/aromatic N) is 2. The van der Waals surface area contributed by atoms with Crippen LogP contribution in [0, 0.1) is 0 Å². The minimum Gasteiger partial charge on any atom is -0.314 e. The van der Waals surface area contributed by atoms with Crippen molar-refractivity contribution in [2.24, 2.45) is 0 Å². The molecule has 3 aliphatic rings. The molecule has 0 aromatic carbocycles. The molecule has 0 radical (unpaired) electrons. The van der Waals surface area contributed by atoms with Crippen LogP contribution in [-0.2, 0) is 0 Å². The van der Waals surface area contributed by atoms with Gasteiger partial charge >= 0.3 is 0 Å². The summed E-state index contributed by atoms with van der Waals surface area (Å²) in [5.41, 5.74) is 0. The van der Waals surface area contributed by atoms with Gasteiger partial charge in [0.05, 0.1) is 0 Å². The highest BCUT2D eigenvalue weighted by Crippen LogP contribution is 2.28. The van der Waals surface area contributed by atoms with E-state index in [9.17, 15) is 0 Å². The molecule has 2 unspecified atom stereocenters. The second-order valence-corrected chi connectivity index (χ2v) is 7.44. The molecule has 3 heteroatoms. The molecule has 0 aromatic rings. The minimum atomic E-state index is 0.786. The van der Waals surface area contributed by atoms with Gasteiger partial charge in [-0.3, -0.25) is 0 Å². The van der Waals surface area contributed by atoms with Gasteiger partial charge in [0.1, 0.15) is 0 Å². The zero-order valence-electron chi connectivity index (χ0n) is 14.0. The highest BCUT2D eigenvalue weighted by Gasteiger charge is 2.31. The molecule has 3 rings (SSSR count). The molecule has 0 amide bonds. The summed E-state index contributed by atoms with van der Waals surface area (Å²) in [5, 5.41) is 3.68. The van der Waals surface area contributed by atoms with Gasteiger partial charge in [0.2, 0.25) is 0 Å². The first-order valence-corrected chi connectivity index (χ1v) is 9.58. The molecule has 3 nitrogen and oxygen atoms in total. The summed E-state index contributed by atoms with van der Waals surface area (Å²) < 4.78 is 0. The normalized spacial score (nSPS) is 34.1. The van der Waals surface area contributed by atoms with Gasteiger partial charge in [-0.25, -0.2) is 0 Å². The number of hydrogen-bond acceptors (Lipinski definition) is 3. The highest BCUT2D eigenvalue weighted by molar-refractivity contribution is 4.88. The molecule has 0 aromatic heterocycles. The summed E-state index contributed by atoms with van der Waals surface area (Å²) in [6, 6.07) is 2.55. The molecular weight excluding hydrogens is 258 g/mol. The SMILES string of the molecule is CCNC1CCCC(N2CCC(N3CCCCC3)CC2)C1. The van der Waals surface area contributed by atoms with E-state index in [4.69, 9.17) is 0 Å². The number of likely N-dealkylation sites (tertiary alicyclic amines) is 2. The summed E-state index contributed by atoms with van der Waals surface area (Å²) in [5.74, 6) is 0. The van der Waals surface area contributed by atoms with Crippen LogP contribution in [-0.4, -0.2) is 60.6 Å². The maximum absolute atomic E-state index is 3.68. The van der Waals surface area contributed by atoms with Gasteiger partial charge in [-0.1, -0.05) is 19.8 Å². The topological polar surface area (TPSA) is 18.5 Å². The monoisotopic (exact) mass is 293 g/mol. The first kappa shape index (κ1) is 15.8. The zero-order chi connectivity index (χ0) is 14.5. The van der Waals surface area contributed by atoms with Crippen LogP contribution < -0.4 is 5.32 Å². The predicted octanol–water partition coefficient (Wildman–Crippen LogP) is 2.86. The summed E-state index contributed by atoms with van der Waals surface area (Å²) in [6.45, 7) is 8.82. The summed E-state index contributed by atoms with van der Waals surface area (Å²) in [6.07, 6.45) is 12.8. The van der Waals surface area contributed by atoms with E-state index in [0.717, 1.165) is 24.7 Å². The van der Waals surface area contributed by atoms with Crippen LogP contribution in [0.1, 0.15) is 64.7 Å². The van der Waals surface area contributed by atoms with Crippen LogP contribution in [0.15, 0.2) is 0 Å². The maximum Gasteiger partial charge on any atom is 0.0120 e. The Kier molecular flexibility index (Phi) is 5.96. The Morgan fingerprint density at radius 3 is 2.19 bits per heavy atom. The van der Waals surface area contributed by atoms with Crippen molar-refractivity contribution < 1.29 is 0 Å². The number of hydrogen-bond donors (Lipinski definition) is 1. The number of piperidine rings is 2. The molecular formula is C18H35N3. The lowest BCUT2D eigenvalue weighted by Gasteiger charge is -2.44. The van der Waals surface area contributed by atoms with E-state index < -0.39 is 0 Å². The lowest BCUT2D eigenvalue weighted by molar-refractivity contribution is 0.0570. The largest absolute Gasteiger partial charge is 0.314 e. The second kappa shape index (κ2) is 7.94. The Balaban J connectivity index is 1.44. The molecule has 21 heavy (non-hydrogen) atoms. The van der Waals surface area contributed by atoms with E-state index in [1.54, 1.807) is 0 Å². The molecule has 1 aliphatic carbocycles. The van der Waals surface area contributed by atoms with Gasteiger partial charge in [0.25, 0.3) is 0 Å². The first-order valence-electron chi connectivity index (χ1n) is 9.58. The average molecular weight is 293 g/mol. The summed E-state index contributed by atoms with van der Waals surface area (Å²) >= 11 is 0. The average Bonchev–Trinajstić information content (AvgIpc) is 2.56. The fourth-order valence-corrected chi connectivity index (χ4v) is 4.87. The van der Waals surface area contributed by atoms with Gasteiger partial charge in [-0.05, 0) is 77.7 Å². The Hall–Kier alpha value is -0.120. The molecule has 2 atom stereocenters. The van der Waals surface area contributed by atoms with E-state index in [2.05, 4.69) is 22.0 Å². The van der Waals surface area contributed by atoms with Crippen LogP contribution in [0.25, 0.3) is 0 Å². The van der Waals surface area contributed by atoms with Crippen LogP contribution in [0.2, 0.25) is 0 Å².